The molecule has 0 aliphatic carbocycles. The number of hydrogen-bond donors (Lipinski definition) is 1. The van der Waals surface area contributed by atoms with Crippen molar-refractivity contribution >= 4 is 39.2 Å². The summed E-state index contributed by atoms with van der Waals surface area (Å²) in [5.74, 6) is -0.617. The van der Waals surface area contributed by atoms with E-state index in [9.17, 15) is 18.0 Å². The Hall–Kier alpha value is -2.62. The number of ether oxygens (including phenoxy) is 2. The van der Waals surface area contributed by atoms with E-state index in [0.717, 1.165) is 6.26 Å². The Morgan fingerprint density at radius 3 is 2.53 bits per heavy atom. The molecule has 0 unspecified atom stereocenters. The molecule has 2 aromatic rings. The number of anilines is 1. The number of nitrogens with one attached hydrogen (secondary N) is 1. The van der Waals surface area contributed by atoms with Gasteiger partial charge in [-0.15, -0.1) is 0 Å². The van der Waals surface area contributed by atoms with Crippen LogP contribution in [-0.2, 0) is 24.3 Å². The number of hydrogen-bond acceptors (Lipinski definition) is 6. The second kappa shape index (κ2) is 9.03. The van der Waals surface area contributed by atoms with Gasteiger partial charge in [0.25, 0.3) is 0 Å². The lowest BCUT2D eigenvalue weighted by molar-refractivity contribution is -0.148. The van der Waals surface area contributed by atoms with E-state index in [-0.39, 0.29) is 18.9 Å². The van der Waals surface area contributed by atoms with Crippen LogP contribution >= 0.6 is 11.6 Å². The molecular formula is C20H21ClN2O6S. The molecule has 160 valence electrons. The second-order valence-corrected chi connectivity index (χ2v) is 9.02. The number of halogens is 1. The fourth-order valence-electron chi connectivity index (χ4n) is 3.19. The van der Waals surface area contributed by atoms with Crippen LogP contribution in [0.3, 0.4) is 0 Å². The summed E-state index contributed by atoms with van der Waals surface area (Å²) in [5.41, 5.74) is 1.08. The van der Waals surface area contributed by atoms with Gasteiger partial charge in [0.15, 0.2) is 0 Å². The molecule has 1 aliphatic rings. The lowest BCUT2D eigenvalue weighted by atomic mass is 10.0. The molecule has 10 heteroatoms. The highest BCUT2D eigenvalue weighted by molar-refractivity contribution is 7.88. The van der Waals surface area contributed by atoms with Crippen LogP contribution in [0.1, 0.15) is 18.0 Å². The molecule has 1 N–H and O–H groups in total. The highest BCUT2D eigenvalue weighted by Crippen LogP contribution is 2.34. The standard InChI is InChI=1S/C20H21ClN2O6S/c1-28-20(25)18-12-23(16-5-3-4-6-17(16)29-18)19(24)11-15(22-30(2,26)27)13-7-9-14(21)10-8-13/h3-10,15,18,22H,11-12H2,1-2H3/t15-,18+/m1/s1. The van der Waals surface area contributed by atoms with E-state index in [1.165, 1.54) is 12.0 Å². The number of benzene rings is 2. The Morgan fingerprint density at radius 1 is 1.23 bits per heavy atom. The van der Waals surface area contributed by atoms with E-state index in [1.807, 2.05) is 0 Å². The molecule has 0 fully saturated rings. The quantitative estimate of drug-likeness (QED) is 0.675. The number of para-hydroxylation sites is 2. The van der Waals surface area contributed by atoms with Gasteiger partial charge in [-0.05, 0) is 29.8 Å². The zero-order valence-corrected chi connectivity index (χ0v) is 17.9. The molecule has 1 heterocycles. The number of amides is 1. The van der Waals surface area contributed by atoms with E-state index in [0.29, 0.717) is 22.0 Å². The minimum absolute atomic E-state index is 0.0469. The molecule has 1 aliphatic heterocycles. The molecule has 0 saturated heterocycles. The van der Waals surface area contributed by atoms with Crippen LogP contribution in [0.15, 0.2) is 48.5 Å². The van der Waals surface area contributed by atoms with Crippen LogP contribution in [-0.4, -0.2) is 46.3 Å². The van der Waals surface area contributed by atoms with Crippen molar-refractivity contribution < 1.29 is 27.5 Å². The third-order valence-corrected chi connectivity index (χ3v) is 5.51. The van der Waals surface area contributed by atoms with Crippen molar-refractivity contribution in [2.75, 3.05) is 24.8 Å². The molecule has 3 rings (SSSR count). The Bertz CT molecular complexity index is 1040. The van der Waals surface area contributed by atoms with Crippen molar-refractivity contribution in [3.8, 4) is 5.75 Å². The maximum atomic E-state index is 13.2. The van der Waals surface area contributed by atoms with Gasteiger partial charge in [0.05, 0.1) is 31.6 Å². The first-order valence-corrected chi connectivity index (χ1v) is 11.3. The van der Waals surface area contributed by atoms with E-state index in [4.69, 9.17) is 21.1 Å². The van der Waals surface area contributed by atoms with Gasteiger partial charge in [-0.2, -0.15) is 0 Å². The summed E-state index contributed by atoms with van der Waals surface area (Å²) in [7, 11) is -2.36. The SMILES string of the molecule is COC(=O)[C@@H]1CN(C(=O)C[C@@H](NS(C)(=O)=O)c2ccc(Cl)cc2)c2ccccc2O1. The number of nitrogens with zero attached hydrogens (tertiary/aromatic N) is 1. The highest BCUT2D eigenvalue weighted by atomic mass is 35.5. The molecule has 30 heavy (non-hydrogen) atoms. The van der Waals surface area contributed by atoms with Crippen molar-refractivity contribution in [3.63, 3.8) is 0 Å². The Kier molecular flexibility index (Phi) is 6.64. The van der Waals surface area contributed by atoms with Crippen LogP contribution in [0.4, 0.5) is 5.69 Å². The Morgan fingerprint density at radius 2 is 1.90 bits per heavy atom. The molecule has 2 atom stereocenters. The topological polar surface area (TPSA) is 102 Å². The van der Waals surface area contributed by atoms with Crippen molar-refractivity contribution in [1.29, 1.82) is 0 Å². The smallest absolute Gasteiger partial charge is 0.348 e. The third-order valence-electron chi connectivity index (χ3n) is 4.55. The average Bonchev–Trinajstić information content (AvgIpc) is 2.71. The number of rotatable bonds is 6. The molecule has 1 amide bonds. The van der Waals surface area contributed by atoms with E-state index >= 15 is 0 Å². The molecule has 2 aromatic carbocycles. The molecule has 0 bridgehead atoms. The second-order valence-electron chi connectivity index (χ2n) is 6.80. The number of carbonyl (C=O) groups is 2. The van der Waals surface area contributed by atoms with Gasteiger partial charge in [-0.25, -0.2) is 17.9 Å². The number of esters is 1. The third kappa shape index (κ3) is 5.29. The zero-order chi connectivity index (χ0) is 21.9. The first kappa shape index (κ1) is 22.1. The summed E-state index contributed by atoms with van der Waals surface area (Å²) in [6.45, 7) is -0.0469. The van der Waals surface area contributed by atoms with Crippen molar-refractivity contribution in [2.24, 2.45) is 0 Å². The van der Waals surface area contributed by atoms with Gasteiger partial charge in [-0.1, -0.05) is 35.9 Å². The average molecular weight is 453 g/mol. The molecule has 0 aromatic heterocycles. The van der Waals surface area contributed by atoms with Crippen LogP contribution in [0.5, 0.6) is 5.75 Å². The first-order chi connectivity index (χ1) is 14.2. The molecule has 0 spiro atoms. The number of fused-ring (bicyclic) bond motifs is 1. The summed E-state index contributed by atoms with van der Waals surface area (Å²) >= 11 is 5.92. The van der Waals surface area contributed by atoms with E-state index < -0.39 is 28.1 Å². The number of methoxy groups -OCH3 is 1. The van der Waals surface area contributed by atoms with Crippen molar-refractivity contribution in [2.45, 2.75) is 18.6 Å². The Balaban J connectivity index is 1.90. The Labute approximate surface area is 179 Å². The zero-order valence-electron chi connectivity index (χ0n) is 16.4. The summed E-state index contributed by atoms with van der Waals surface area (Å²) in [6, 6.07) is 12.6. The number of sulfonamides is 1. The van der Waals surface area contributed by atoms with Crippen molar-refractivity contribution in [1.82, 2.24) is 4.72 Å². The minimum atomic E-state index is -3.60. The van der Waals surface area contributed by atoms with E-state index in [2.05, 4.69) is 4.72 Å². The van der Waals surface area contributed by atoms with E-state index in [1.54, 1.807) is 48.5 Å². The van der Waals surface area contributed by atoms with Crippen LogP contribution in [0.2, 0.25) is 5.02 Å². The van der Waals surface area contributed by atoms with Gasteiger partial charge in [0.2, 0.25) is 22.0 Å². The van der Waals surface area contributed by atoms with Crippen LogP contribution in [0, 0.1) is 0 Å². The first-order valence-electron chi connectivity index (χ1n) is 9.04. The lowest BCUT2D eigenvalue weighted by Gasteiger charge is -2.34. The largest absolute Gasteiger partial charge is 0.475 e. The predicted molar refractivity (Wildman–Crippen MR) is 112 cm³/mol. The van der Waals surface area contributed by atoms with Gasteiger partial charge >= 0.3 is 5.97 Å². The summed E-state index contributed by atoms with van der Waals surface area (Å²) < 4.78 is 36.6. The van der Waals surface area contributed by atoms with Gasteiger partial charge in [0, 0.05) is 11.4 Å². The van der Waals surface area contributed by atoms with Crippen LogP contribution in [0.25, 0.3) is 0 Å². The normalized spacial score (nSPS) is 16.9. The molecule has 0 saturated carbocycles. The molecule has 0 radical (unpaired) electrons. The fourth-order valence-corrected chi connectivity index (χ4v) is 4.05. The summed E-state index contributed by atoms with van der Waals surface area (Å²) in [6.07, 6.45) is -0.125. The maximum Gasteiger partial charge on any atom is 0.348 e. The van der Waals surface area contributed by atoms with Crippen LogP contribution < -0.4 is 14.4 Å². The summed E-state index contributed by atoms with van der Waals surface area (Å²) in [5, 5.41) is 0.492. The lowest BCUT2D eigenvalue weighted by Crippen LogP contribution is -2.48. The summed E-state index contributed by atoms with van der Waals surface area (Å²) in [4.78, 5) is 26.6. The predicted octanol–water partition coefficient (Wildman–Crippen LogP) is 2.29. The minimum Gasteiger partial charge on any atom is -0.475 e. The monoisotopic (exact) mass is 452 g/mol. The van der Waals surface area contributed by atoms with Crippen molar-refractivity contribution in [3.05, 3.63) is 59.1 Å². The fraction of sp³-hybridized carbons (Fsp3) is 0.300. The molecule has 8 nitrogen and oxygen atoms in total. The molecular weight excluding hydrogens is 432 g/mol. The number of carbonyl (C=O) groups excluding carboxylic acids is 2. The van der Waals surface area contributed by atoms with Gasteiger partial charge in [0.1, 0.15) is 5.75 Å². The van der Waals surface area contributed by atoms with Gasteiger partial charge < -0.3 is 14.4 Å². The highest BCUT2D eigenvalue weighted by Gasteiger charge is 2.35. The maximum absolute atomic E-state index is 13.2. The van der Waals surface area contributed by atoms with Gasteiger partial charge in [-0.3, -0.25) is 4.79 Å².